The molecule has 2 N–H and O–H groups in total. The Morgan fingerprint density at radius 2 is 2.19 bits per heavy atom. The van der Waals surface area contributed by atoms with Crippen molar-refractivity contribution in [3.63, 3.8) is 0 Å². The van der Waals surface area contributed by atoms with E-state index in [0.717, 1.165) is 25.9 Å². The summed E-state index contributed by atoms with van der Waals surface area (Å²) in [5.74, 6) is 0.504. The van der Waals surface area contributed by atoms with Gasteiger partial charge in [0.25, 0.3) is 0 Å². The van der Waals surface area contributed by atoms with Gasteiger partial charge in [-0.3, -0.25) is 9.69 Å². The second-order valence-electron chi connectivity index (χ2n) is 5.39. The molecule has 0 saturated carbocycles. The van der Waals surface area contributed by atoms with Crippen LogP contribution in [0.15, 0.2) is 12.3 Å². The van der Waals surface area contributed by atoms with Gasteiger partial charge >= 0.3 is 0 Å². The molecule has 1 fully saturated rings. The fourth-order valence-electron chi connectivity index (χ4n) is 2.47. The predicted molar refractivity (Wildman–Crippen MR) is 83.7 cm³/mol. The first-order chi connectivity index (χ1) is 9.95. The molecule has 21 heavy (non-hydrogen) atoms. The zero-order valence-corrected chi connectivity index (χ0v) is 13.4. The highest BCUT2D eigenvalue weighted by molar-refractivity contribution is 6.36. The lowest BCUT2D eigenvalue weighted by Crippen LogP contribution is -2.41. The van der Waals surface area contributed by atoms with E-state index in [2.05, 4.69) is 15.2 Å². The van der Waals surface area contributed by atoms with E-state index in [1.54, 1.807) is 6.07 Å². The normalized spacial score (nSPS) is 18.5. The predicted octanol–water partition coefficient (Wildman–Crippen LogP) is 2.42. The molecule has 1 saturated heterocycles. The molecule has 2 heterocycles. The zero-order chi connectivity index (χ0) is 15.4. The van der Waals surface area contributed by atoms with E-state index in [-0.39, 0.29) is 12.0 Å². The van der Waals surface area contributed by atoms with Crippen molar-refractivity contribution >= 4 is 34.9 Å². The number of nitrogens with zero attached hydrogens (tertiary/aromatic N) is 2. The minimum atomic E-state index is -0.280. The van der Waals surface area contributed by atoms with E-state index < -0.39 is 0 Å². The van der Waals surface area contributed by atoms with Crippen LogP contribution in [0.3, 0.4) is 0 Å². The fourth-order valence-corrected chi connectivity index (χ4v) is 2.90. The first kappa shape index (κ1) is 16.5. The number of aromatic nitrogens is 1. The Labute approximate surface area is 134 Å². The zero-order valence-electron chi connectivity index (χ0n) is 11.9. The summed E-state index contributed by atoms with van der Waals surface area (Å²) in [6, 6.07) is 1.54. The minimum absolute atomic E-state index is 0.151. The number of likely N-dealkylation sites (tertiary alicyclic amines) is 1. The Kier molecular flexibility index (Phi) is 5.81. The van der Waals surface area contributed by atoms with Crippen molar-refractivity contribution < 1.29 is 9.90 Å². The monoisotopic (exact) mass is 331 g/mol. The number of anilines is 1. The minimum Gasteiger partial charge on any atom is -0.393 e. The van der Waals surface area contributed by atoms with E-state index >= 15 is 0 Å². The largest absolute Gasteiger partial charge is 0.393 e. The molecule has 1 aromatic rings. The van der Waals surface area contributed by atoms with Gasteiger partial charge in [0.1, 0.15) is 0 Å². The average molecular weight is 332 g/mol. The molecule has 116 valence electrons. The quantitative estimate of drug-likeness (QED) is 0.889. The van der Waals surface area contributed by atoms with E-state index in [0.29, 0.717) is 28.3 Å². The summed E-state index contributed by atoms with van der Waals surface area (Å²) in [7, 11) is 0. The smallest absolute Gasteiger partial charge is 0.239 e. The Morgan fingerprint density at radius 1 is 1.52 bits per heavy atom. The molecule has 1 atom stereocenters. The van der Waals surface area contributed by atoms with E-state index in [4.69, 9.17) is 23.2 Å². The third kappa shape index (κ3) is 4.81. The molecule has 0 spiro atoms. The Morgan fingerprint density at radius 3 is 2.76 bits per heavy atom. The number of halogens is 2. The average Bonchev–Trinajstić information content (AvgIpc) is 2.42. The maximum absolute atomic E-state index is 12.0. The molecule has 5 nitrogen and oxygen atoms in total. The number of pyridine rings is 1. The van der Waals surface area contributed by atoms with Gasteiger partial charge in [-0.15, -0.1) is 0 Å². The molecule has 0 aromatic carbocycles. The van der Waals surface area contributed by atoms with E-state index in [9.17, 15) is 9.90 Å². The third-order valence-corrected chi connectivity index (χ3v) is 4.24. The number of amides is 1. The number of hydrogen-bond donors (Lipinski definition) is 2. The van der Waals surface area contributed by atoms with E-state index in [1.165, 1.54) is 6.20 Å². The first-order valence-corrected chi connectivity index (χ1v) is 7.72. The summed E-state index contributed by atoms with van der Waals surface area (Å²) >= 11 is 11.7. The number of rotatable bonds is 4. The molecule has 1 unspecified atom stereocenters. The van der Waals surface area contributed by atoms with Crippen LogP contribution in [0.1, 0.15) is 19.8 Å². The molecule has 1 aliphatic rings. The van der Waals surface area contributed by atoms with Gasteiger partial charge in [0.05, 0.1) is 22.7 Å². The van der Waals surface area contributed by atoms with Crippen LogP contribution in [0.2, 0.25) is 10.0 Å². The molecular weight excluding hydrogens is 313 g/mol. The van der Waals surface area contributed by atoms with Gasteiger partial charge in [0.2, 0.25) is 5.91 Å². The molecular formula is C14H19Cl2N3O2. The van der Waals surface area contributed by atoms with Crippen LogP contribution >= 0.6 is 23.2 Å². The topological polar surface area (TPSA) is 65.5 Å². The van der Waals surface area contributed by atoms with Gasteiger partial charge < -0.3 is 10.4 Å². The number of aliphatic hydroxyl groups is 1. The van der Waals surface area contributed by atoms with Crippen molar-refractivity contribution in [2.45, 2.75) is 25.9 Å². The highest BCUT2D eigenvalue weighted by Crippen LogP contribution is 2.23. The second kappa shape index (κ2) is 7.40. The maximum Gasteiger partial charge on any atom is 0.239 e. The summed E-state index contributed by atoms with van der Waals surface area (Å²) in [4.78, 5) is 18.1. The van der Waals surface area contributed by atoms with Gasteiger partial charge in [-0.05, 0) is 44.8 Å². The Bertz CT molecular complexity index is 503. The lowest BCUT2D eigenvalue weighted by Gasteiger charge is -2.32. The van der Waals surface area contributed by atoms with Gasteiger partial charge in [0.15, 0.2) is 5.82 Å². The van der Waals surface area contributed by atoms with Crippen LogP contribution in [0, 0.1) is 5.92 Å². The summed E-state index contributed by atoms with van der Waals surface area (Å²) in [6.07, 6.45) is 2.98. The van der Waals surface area contributed by atoms with Crippen molar-refractivity contribution in [1.29, 1.82) is 0 Å². The van der Waals surface area contributed by atoms with Crippen molar-refractivity contribution in [1.82, 2.24) is 9.88 Å². The number of aliphatic hydroxyl groups excluding tert-OH is 1. The number of piperidine rings is 1. The summed E-state index contributed by atoms with van der Waals surface area (Å²) in [5.41, 5.74) is 0. The first-order valence-electron chi connectivity index (χ1n) is 6.97. The highest BCUT2D eigenvalue weighted by Gasteiger charge is 2.23. The number of carbonyl (C=O) groups excluding carboxylic acids is 1. The van der Waals surface area contributed by atoms with Crippen LogP contribution in [0.4, 0.5) is 5.82 Å². The van der Waals surface area contributed by atoms with Crippen LogP contribution in [-0.2, 0) is 4.79 Å². The second-order valence-corrected chi connectivity index (χ2v) is 6.23. The maximum atomic E-state index is 12.0. The molecule has 0 bridgehead atoms. The van der Waals surface area contributed by atoms with Crippen molar-refractivity contribution in [3.8, 4) is 0 Å². The molecule has 1 aromatic heterocycles. The Balaban J connectivity index is 1.83. The molecule has 1 amide bonds. The van der Waals surface area contributed by atoms with Gasteiger partial charge in [0, 0.05) is 6.20 Å². The highest BCUT2D eigenvalue weighted by atomic mass is 35.5. The number of nitrogens with one attached hydrogen (secondary N) is 1. The van der Waals surface area contributed by atoms with Crippen molar-refractivity contribution in [2.75, 3.05) is 25.0 Å². The molecule has 1 aliphatic heterocycles. The molecule has 2 rings (SSSR count). The van der Waals surface area contributed by atoms with Gasteiger partial charge in [-0.1, -0.05) is 23.2 Å². The Hall–Kier alpha value is -0.880. The van der Waals surface area contributed by atoms with E-state index in [1.807, 2.05) is 6.92 Å². The SMILES string of the molecule is CC(O)C1CCN(CC(=O)Nc2ncc(Cl)cc2Cl)CC1. The lowest BCUT2D eigenvalue weighted by molar-refractivity contribution is -0.117. The number of hydrogen-bond acceptors (Lipinski definition) is 4. The lowest BCUT2D eigenvalue weighted by atomic mass is 9.92. The van der Waals surface area contributed by atoms with Crippen LogP contribution < -0.4 is 5.32 Å². The summed E-state index contributed by atoms with van der Waals surface area (Å²) in [6.45, 7) is 3.74. The number of carbonyl (C=O) groups is 1. The van der Waals surface area contributed by atoms with Crippen LogP contribution in [0.5, 0.6) is 0 Å². The standard InChI is InChI=1S/C14H19Cl2N3O2/c1-9(20)10-2-4-19(5-3-10)8-13(21)18-14-12(16)6-11(15)7-17-14/h6-7,9-10,20H,2-5,8H2,1H3,(H,17,18,21). The van der Waals surface area contributed by atoms with Crippen molar-refractivity contribution in [2.24, 2.45) is 5.92 Å². The van der Waals surface area contributed by atoms with Gasteiger partial charge in [-0.25, -0.2) is 4.98 Å². The van der Waals surface area contributed by atoms with Crippen LogP contribution in [-0.4, -0.2) is 46.6 Å². The molecule has 0 radical (unpaired) electrons. The summed E-state index contributed by atoms with van der Waals surface area (Å²) in [5, 5.41) is 13.0. The third-order valence-electron chi connectivity index (χ3n) is 3.75. The molecule has 0 aliphatic carbocycles. The van der Waals surface area contributed by atoms with Crippen molar-refractivity contribution in [3.05, 3.63) is 22.3 Å². The van der Waals surface area contributed by atoms with Gasteiger partial charge in [-0.2, -0.15) is 0 Å². The van der Waals surface area contributed by atoms with Crippen LogP contribution in [0.25, 0.3) is 0 Å². The molecule has 7 heteroatoms. The fraction of sp³-hybridized carbons (Fsp3) is 0.571. The summed E-state index contributed by atoms with van der Waals surface area (Å²) < 4.78 is 0.